The van der Waals surface area contributed by atoms with Crippen molar-refractivity contribution in [3.05, 3.63) is 45.7 Å². The normalized spacial score (nSPS) is 10.3. The molecule has 7 heteroatoms. The molecule has 19 heavy (non-hydrogen) atoms. The molecule has 0 aliphatic heterocycles. The molecule has 2 rings (SSSR count). The molecule has 0 saturated heterocycles. The summed E-state index contributed by atoms with van der Waals surface area (Å²) < 4.78 is 17.6. The fraction of sp³-hybridized carbons (Fsp3) is 0.167. The summed E-state index contributed by atoms with van der Waals surface area (Å²) in [6.45, 7) is 0.439. The van der Waals surface area contributed by atoms with Gasteiger partial charge in [0.1, 0.15) is 10.7 Å². The number of methoxy groups -OCH3 is 1. The summed E-state index contributed by atoms with van der Waals surface area (Å²) in [4.78, 5) is 15.7. The molecule has 0 fully saturated rings. The van der Waals surface area contributed by atoms with Gasteiger partial charge < -0.3 is 10.1 Å². The van der Waals surface area contributed by atoms with Crippen LogP contribution in [0.1, 0.15) is 15.2 Å². The molecular formula is C12H10ClFN2O2S. The lowest BCUT2D eigenvalue weighted by molar-refractivity contribution is 0.0606. The zero-order valence-electron chi connectivity index (χ0n) is 9.94. The predicted molar refractivity (Wildman–Crippen MR) is 72.2 cm³/mol. The van der Waals surface area contributed by atoms with Gasteiger partial charge in [-0.2, -0.15) is 0 Å². The maximum absolute atomic E-state index is 13.0. The highest BCUT2D eigenvalue weighted by molar-refractivity contribution is 7.17. The molecule has 0 atom stereocenters. The van der Waals surface area contributed by atoms with Gasteiger partial charge in [0, 0.05) is 6.54 Å². The molecule has 2 aromatic rings. The topological polar surface area (TPSA) is 51.2 Å². The SMILES string of the molecule is COC(=O)c1cnc(NCc2ccc(F)c(Cl)c2)s1. The van der Waals surface area contributed by atoms with Crippen LogP contribution < -0.4 is 5.32 Å². The summed E-state index contributed by atoms with van der Waals surface area (Å²) >= 11 is 6.87. The van der Waals surface area contributed by atoms with E-state index >= 15 is 0 Å². The average Bonchev–Trinajstić information content (AvgIpc) is 2.88. The first-order valence-electron chi connectivity index (χ1n) is 5.32. The Morgan fingerprint density at radius 2 is 2.37 bits per heavy atom. The van der Waals surface area contributed by atoms with Crippen molar-refractivity contribution in [2.24, 2.45) is 0 Å². The largest absolute Gasteiger partial charge is 0.465 e. The van der Waals surface area contributed by atoms with Gasteiger partial charge >= 0.3 is 5.97 Å². The second-order valence-corrected chi connectivity index (χ2v) is 5.06. The van der Waals surface area contributed by atoms with Crippen molar-refractivity contribution in [1.82, 2.24) is 4.98 Å². The standard InChI is InChI=1S/C12H10ClFN2O2S/c1-18-11(17)10-6-16-12(19-10)15-5-7-2-3-9(14)8(13)4-7/h2-4,6H,5H2,1H3,(H,15,16). The Kier molecular flexibility index (Phi) is 4.34. The summed E-state index contributed by atoms with van der Waals surface area (Å²) in [7, 11) is 1.32. The molecule has 4 nitrogen and oxygen atoms in total. The van der Waals surface area contributed by atoms with Crippen molar-refractivity contribution in [1.29, 1.82) is 0 Å². The minimum atomic E-state index is -0.451. The van der Waals surface area contributed by atoms with E-state index in [2.05, 4.69) is 15.0 Å². The molecule has 1 heterocycles. The molecule has 1 N–H and O–H groups in total. The minimum absolute atomic E-state index is 0.0775. The Morgan fingerprint density at radius 1 is 1.58 bits per heavy atom. The van der Waals surface area contributed by atoms with E-state index in [1.165, 1.54) is 30.7 Å². The van der Waals surface area contributed by atoms with Gasteiger partial charge in [0.25, 0.3) is 0 Å². The molecule has 0 aliphatic rings. The number of aromatic nitrogens is 1. The maximum Gasteiger partial charge on any atom is 0.349 e. The first-order chi connectivity index (χ1) is 9.10. The van der Waals surface area contributed by atoms with Crippen molar-refractivity contribution in [2.75, 3.05) is 12.4 Å². The van der Waals surface area contributed by atoms with Crippen LogP contribution in [0.3, 0.4) is 0 Å². The molecule has 0 saturated carbocycles. The quantitative estimate of drug-likeness (QED) is 0.880. The fourth-order valence-electron chi connectivity index (χ4n) is 1.38. The fourth-order valence-corrected chi connectivity index (χ4v) is 2.31. The monoisotopic (exact) mass is 300 g/mol. The number of esters is 1. The van der Waals surface area contributed by atoms with Crippen molar-refractivity contribution in [3.8, 4) is 0 Å². The third kappa shape index (κ3) is 3.42. The lowest BCUT2D eigenvalue weighted by atomic mass is 10.2. The van der Waals surface area contributed by atoms with Crippen LogP contribution in [0, 0.1) is 5.82 Å². The number of benzene rings is 1. The zero-order chi connectivity index (χ0) is 13.8. The summed E-state index contributed by atoms with van der Waals surface area (Å²) in [5.74, 6) is -0.872. The van der Waals surface area contributed by atoms with Crippen LogP contribution in [0.5, 0.6) is 0 Å². The molecule has 1 aromatic heterocycles. The molecule has 0 aliphatic carbocycles. The van der Waals surface area contributed by atoms with Crippen LogP contribution in [-0.4, -0.2) is 18.1 Å². The minimum Gasteiger partial charge on any atom is -0.465 e. The van der Waals surface area contributed by atoms with Gasteiger partial charge in [0.15, 0.2) is 5.13 Å². The first-order valence-corrected chi connectivity index (χ1v) is 6.51. The zero-order valence-corrected chi connectivity index (χ0v) is 11.5. The number of nitrogens with zero attached hydrogens (tertiary/aromatic N) is 1. The van der Waals surface area contributed by atoms with Gasteiger partial charge in [0.2, 0.25) is 0 Å². The molecule has 0 unspecified atom stereocenters. The third-order valence-corrected chi connectivity index (χ3v) is 3.54. The van der Waals surface area contributed by atoms with Crippen LogP contribution in [0.25, 0.3) is 0 Å². The molecule has 100 valence electrons. The molecule has 0 radical (unpaired) electrons. The van der Waals surface area contributed by atoms with Crippen LogP contribution in [-0.2, 0) is 11.3 Å². The van der Waals surface area contributed by atoms with Crippen molar-refractivity contribution >= 4 is 34.0 Å². The van der Waals surface area contributed by atoms with Crippen molar-refractivity contribution in [3.63, 3.8) is 0 Å². The average molecular weight is 301 g/mol. The molecule has 0 amide bonds. The van der Waals surface area contributed by atoms with E-state index in [0.29, 0.717) is 16.6 Å². The first kappa shape index (κ1) is 13.8. The Labute approximate surface area is 118 Å². The van der Waals surface area contributed by atoms with Gasteiger partial charge in [-0.05, 0) is 17.7 Å². The summed E-state index contributed by atoms with van der Waals surface area (Å²) in [6.07, 6.45) is 1.44. The van der Waals surface area contributed by atoms with E-state index in [1.54, 1.807) is 12.1 Å². The molecular weight excluding hydrogens is 291 g/mol. The smallest absolute Gasteiger partial charge is 0.349 e. The number of anilines is 1. The van der Waals surface area contributed by atoms with Crippen molar-refractivity contribution < 1.29 is 13.9 Å². The number of ether oxygens (including phenoxy) is 1. The Bertz CT molecular complexity index is 603. The van der Waals surface area contributed by atoms with Crippen LogP contribution in [0.4, 0.5) is 9.52 Å². The van der Waals surface area contributed by atoms with Gasteiger partial charge in [0.05, 0.1) is 18.3 Å². The Morgan fingerprint density at radius 3 is 3.05 bits per heavy atom. The number of rotatable bonds is 4. The lowest BCUT2D eigenvalue weighted by Crippen LogP contribution is -1.99. The second kappa shape index (κ2) is 5.99. The van der Waals surface area contributed by atoms with Crippen molar-refractivity contribution in [2.45, 2.75) is 6.54 Å². The van der Waals surface area contributed by atoms with Gasteiger partial charge in [-0.15, -0.1) is 0 Å². The maximum atomic E-state index is 13.0. The van der Waals surface area contributed by atoms with E-state index < -0.39 is 11.8 Å². The number of hydrogen-bond donors (Lipinski definition) is 1. The van der Waals surface area contributed by atoms with E-state index in [-0.39, 0.29) is 5.02 Å². The highest BCUT2D eigenvalue weighted by atomic mass is 35.5. The van der Waals surface area contributed by atoms with Crippen LogP contribution in [0.2, 0.25) is 5.02 Å². The number of halogens is 2. The number of thiazole rings is 1. The van der Waals surface area contributed by atoms with Gasteiger partial charge in [-0.25, -0.2) is 14.2 Å². The highest BCUT2D eigenvalue weighted by Gasteiger charge is 2.10. The van der Waals surface area contributed by atoms with E-state index in [9.17, 15) is 9.18 Å². The molecule has 0 bridgehead atoms. The van der Waals surface area contributed by atoms with Gasteiger partial charge in [-0.3, -0.25) is 0 Å². The second-order valence-electron chi connectivity index (χ2n) is 3.62. The van der Waals surface area contributed by atoms with E-state index in [4.69, 9.17) is 11.6 Å². The lowest BCUT2D eigenvalue weighted by Gasteiger charge is -2.03. The number of carbonyl (C=O) groups is 1. The number of nitrogens with one attached hydrogen (secondary N) is 1. The van der Waals surface area contributed by atoms with Gasteiger partial charge in [-0.1, -0.05) is 29.0 Å². The Hall–Kier alpha value is -1.66. The number of carbonyl (C=O) groups excluding carboxylic acids is 1. The molecule has 1 aromatic carbocycles. The van der Waals surface area contributed by atoms with Crippen LogP contribution in [0.15, 0.2) is 24.4 Å². The van der Waals surface area contributed by atoms with E-state index in [1.807, 2.05) is 0 Å². The predicted octanol–water partition coefficient (Wildman–Crippen LogP) is 3.33. The summed E-state index contributed by atoms with van der Waals surface area (Å²) in [5, 5.41) is 3.69. The summed E-state index contributed by atoms with van der Waals surface area (Å²) in [5.41, 5.74) is 0.821. The van der Waals surface area contributed by atoms with Crippen LogP contribution >= 0.6 is 22.9 Å². The highest BCUT2D eigenvalue weighted by Crippen LogP contribution is 2.21. The summed E-state index contributed by atoms with van der Waals surface area (Å²) in [6, 6.07) is 4.48. The third-order valence-electron chi connectivity index (χ3n) is 2.32. The van der Waals surface area contributed by atoms with E-state index in [0.717, 1.165) is 5.56 Å². The number of hydrogen-bond acceptors (Lipinski definition) is 5. The Balaban J connectivity index is 2.00. The molecule has 0 spiro atoms.